The lowest BCUT2D eigenvalue weighted by Crippen LogP contribution is -2.46. The lowest BCUT2D eigenvalue weighted by molar-refractivity contribution is 0.189. The standard InChI is InChI=1S/C18H36N2/c1-3-13-19-18(17-11-5-4-6-12-17)15-20(2)14-16-9-7-8-10-16/h16-19H,3-15H2,1-2H3. The molecule has 0 spiro atoms. The average Bonchev–Trinajstić information content (AvgIpc) is 2.97. The van der Waals surface area contributed by atoms with Gasteiger partial charge in [0, 0.05) is 19.1 Å². The quantitative estimate of drug-likeness (QED) is 0.721. The molecule has 20 heavy (non-hydrogen) atoms. The molecule has 2 nitrogen and oxygen atoms in total. The summed E-state index contributed by atoms with van der Waals surface area (Å²) in [6.45, 7) is 6.07. The topological polar surface area (TPSA) is 15.3 Å². The molecule has 2 aliphatic rings. The highest BCUT2D eigenvalue weighted by Crippen LogP contribution is 2.28. The van der Waals surface area contributed by atoms with Crippen LogP contribution in [0.15, 0.2) is 0 Å². The van der Waals surface area contributed by atoms with Crippen LogP contribution in [0.5, 0.6) is 0 Å². The summed E-state index contributed by atoms with van der Waals surface area (Å²) in [7, 11) is 2.35. The van der Waals surface area contributed by atoms with Gasteiger partial charge < -0.3 is 10.2 Å². The van der Waals surface area contributed by atoms with Crippen LogP contribution in [0.4, 0.5) is 0 Å². The van der Waals surface area contributed by atoms with Crippen molar-refractivity contribution in [2.24, 2.45) is 11.8 Å². The molecule has 0 amide bonds. The molecule has 0 aromatic rings. The summed E-state index contributed by atoms with van der Waals surface area (Å²) in [6, 6.07) is 0.738. The molecule has 2 saturated carbocycles. The van der Waals surface area contributed by atoms with Gasteiger partial charge in [-0.2, -0.15) is 0 Å². The first-order chi connectivity index (χ1) is 9.79. The summed E-state index contributed by atoms with van der Waals surface area (Å²) in [5.74, 6) is 1.92. The normalized spacial score (nSPS) is 23.6. The molecule has 0 heterocycles. The van der Waals surface area contributed by atoms with E-state index in [-0.39, 0.29) is 0 Å². The number of hydrogen-bond donors (Lipinski definition) is 1. The summed E-state index contributed by atoms with van der Waals surface area (Å²) < 4.78 is 0. The first-order valence-corrected chi connectivity index (χ1v) is 9.21. The minimum absolute atomic E-state index is 0.738. The smallest absolute Gasteiger partial charge is 0.0223 e. The van der Waals surface area contributed by atoms with Crippen molar-refractivity contribution in [1.29, 1.82) is 0 Å². The molecule has 2 aliphatic carbocycles. The van der Waals surface area contributed by atoms with Gasteiger partial charge in [-0.15, -0.1) is 0 Å². The predicted molar refractivity (Wildman–Crippen MR) is 88.1 cm³/mol. The summed E-state index contributed by atoms with van der Waals surface area (Å²) in [5, 5.41) is 3.85. The van der Waals surface area contributed by atoms with Gasteiger partial charge in [0.25, 0.3) is 0 Å². The molecular weight excluding hydrogens is 244 g/mol. The Kier molecular flexibility index (Phi) is 7.37. The molecule has 0 aromatic heterocycles. The van der Waals surface area contributed by atoms with Crippen molar-refractivity contribution in [1.82, 2.24) is 10.2 Å². The van der Waals surface area contributed by atoms with Crippen molar-refractivity contribution in [3.8, 4) is 0 Å². The van der Waals surface area contributed by atoms with E-state index in [0.717, 1.165) is 17.9 Å². The fourth-order valence-electron chi connectivity index (χ4n) is 4.29. The maximum Gasteiger partial charge on any atom is 0.0223 e. The summed E-state index contributed by atoms with van der Waals surface area (Å²) in [6.07, 6.45) is 14.4. The Bertz CT molecular complexity index is 242. The molecule has 0 aliphatic heterocycles. The number of nitrogens with one attached hydrogen (secondary N) is 1. The van der Waals surface area contributed by atoms with Crippen LogP contribution < -0.4 is 5.32 Å². The fourth-order valence-corrected chi connectivity index (χ4v) is 4.29. The third-order valence-electron chi connectivity index (χ3n) is 5.43. The van der Waals surface area contributed by atoms with Crippen molar-refractivity contribution >= 4 is 0 Å². The largest absolute Gasteiger partial charge is 0.312 e. The van der Waals surface area contributed by atoms with Crippen LogP contribution in [0, 0.1) is 11.8 Å². The van der Waals surface area contributed by atoms with E-state index in [1.54, 1.807) is 0 Å². The molecule has 2 heteroatoms. The van der Waals surface area contributed by atoms with Crippen molar-refractivity contribution in [3.05, 3.63) is 0 Å². The van der Waals surface area contributed by atoms with Gasteiger partial charge in [-0.25, -0.2) is 0 Å². The van der Waals surface area contributed by atoms with E-state index in [4.69, 9.17) is 0 Å². The Balaban J connectivity index is 1.78. The van der Waals surface area contributed by atoms with Crippen molar-refractivity contribution < 1.29 is 0 Å². The van der Waals surface area contributed by atoms with Crippen molar-refractivity contribution in [2.45, 2.75) is 77.2 Å². The second-order valence-corrected chi connectivity index (χ2v) is 7.33. The molecule has 2 fully saturated rings. The Morgan fingerprint density at radius 1 is 1.00 bits per heavy atom. The Morgan fingerprint density at radius 2 is 1.65 bits per heavy atom. The SMILES string of the molecule is CCCNC(CN(C)CC1CCCC1)C1CCCCC1. The van der Waals surface area contributed by atoms with Gasteiger partial charge in [0.1, 0.15) is 0 Å². The number of hydrogen-bond acceptors (Lipinski definition) is 2. The van der Waals surface area contributed by atoms with Gasteiger partial charge in [-0.1, -0.05) is 39.0 Å². The Labute approximate surface area is 126 Å². The minimum Gasteiger partial charge on any atom is -0.312 e. The summed E-state index contributed by atoms with van der Waals surface area (Å²) in [4.78, 5) is 2.62. The molecule has 1 atom stereocenters. The van der Waals surface area contributed by atoms with E-state index in [1.807, 2.05) is 0 Å². The Morgan fingerprint density at radius 3 is 2.30 bits per heavy atom. The van der Waals surface area contributed by atoms with Crippen LogP contribution >= 0.6 is 0 Å². The highest BCUT2D eigenvalue weighted by molar-refractivity contribution is 4.82. The van der Waals surface area contributed by atoms with Gasteiger partial charge in [-0.3, -0.25) is 0 Å². The lowest BCUT2D eigenvalue weighted by Gasteiger charge is -2.34. The first kappa shape index (κ1) is 16.3. The average molecular weight is 280 g/mol. The molecule has 2 rings (SSSR count). The molecule has 1 unspecified atom stereocenters. The van der Waals surface area contributed by atoms with E-state index in [0.29, 0.717) is 0 Å². The lowest BCUT2D eigenvalue weighted by atomic mass is 9.83. The van der Waals surface area contributed by atoms with Crippen LogP contribution in [-0.4, -0.2) is 37.6 Å². The fraction of sp³-hybridized carbons (Fsp3) is 1.00. The van der Waals surface area contributed by atoms with Crippen LogP contribution in [0.25, 0.3) is 0 Å². The van der Waals surface area contributed by atoms with Gasteiger partial charge in [0.2, 0.25) is 0 Å². The van der Waals surface area contributed by atoms with Gasteiger partial charge in [0.05, 0.1) is 0 Å². The van der Waals surface area contributed by atoms with E-state index in [1.165, 1.54) is 83.8 Å². The summed E-state index contributed by atoms with van der Waals surface area (Å²) >= 11 is 0. The molecule has 0 radical (unpaired) electrons. The molecule has 118 valence electrons. The second-order valence-electron chi connectivity index (χ2n) is 7.33. The number of likely N-dealkylation sites (N-methyl/N-ethyl adjacent to an activating group) is 1. The Hall–Kier alpha value is -0.0800. The molecule has 0 saturated heterocycles. The maximum atomic E-state index is 3.85. The monoisotopic (exact) mass is 280 g/mol. The minimum atomic E-state index is 0.738. The van der Waals surface area contributed by atoms with Crippen molar-refractivity contribution in [3.63, 3.8) is 0 Å². The van der Waals surface area contributed by atoms with E-state index in [2.05, 4.69) is 24.2 Å². The van der Waals surface area contributed by atoms with Crippen LogP contribution in [0.3, 0.4) is 0 Å². The number of rotatable bonds is 8. The molecular formula is C18H36N2. The zero-order valence-electron chi connectivity index (χ0n) is 13.9. The van der Waals surface area contributed by atoms with E-state index < -0.39 is 0 Å². The van der Waals surface area contributed by atoms with Gasteiger partial charge >= 0.3 is 0 Å². The van der Waals surface area contributed by atoms with Crippen LogP contribution in [-0.2, 0) is 0 Å². The predicted octanol–water partition coefficient (Wildman–Crippen LogP) is 4.06. The maximum absolute atomic E-state index is 3.85. The summed E-state index contributed by atoms with van der Waals surface area (Å²) in [5.41, 5.74) is 0. The molecule has 1 N–H and O–H groups in total. The van der Waals surface area contributed by atoms with E-state index in [9.17, 15) is 0 Å². The highest BCUT2D eigenvalue weighted by atomic mass is 15.1. The van der Waals surface area contributed by atoms with Gasteiger partial charge in [0.15, 0.2) is 0 Å². The third kappa shape index (κ3) is 5.37. The van der Waals surface area contributed by atoms with Crippen LogP contribution in [0.2, 0.25) is 0 Å². The van der Waals surface area contributed by atoms with E-state index >= 15 is 0 Å². The third-order valence-corrected chi connectivity index (χ3v) is 5.43. The van der Waals surface area contributed by atoms with Gasteiger partial charge in [-0.05, 0) is 57.5 Å². The number of nitrogens with zero attached hydrogens (tertiary/aromatic N) is 1. The highest BCUT2D eigenvalue weighted by Gasteiger charge is 2.25. The zero-order valence-corrected chi connectivity index (χ0v) is 13.9. The molecule has 0 bridgehead atoms. The van der Waals surface area contributed by atoms with Crippen LogP contribution in [0.1, 0.15) is 71.1 Å². The van der Waals surface area contributed by atoms with Crippen molar-refractivity contribution in [2.75, 3.05) is 26.7 Å². The molecule has 0 aromatic carbocycles. The first-order valence-electron chi connectivity index (χ1n) is 9.21. The second kappa shape index (κ2) is 9.04. The zero-order chi connectivity index (χ0) is 14.2.